The quantitative estimate of drug-likeness (QED) is 0.141. The molecule has 0 radical (unpaired) electrons. The Morgan fingerprint density at radius 1 is 0.909 bits per heavy atom. The third-order valence-electron chi connectivity index (χ3n) is 7.05. The zero-order valence-electron chi connectivity index (χ0n) is 22.2. The summed E-state index contributed by atoms with van der Waals surface area (Å²) < 4.78 is 5.31. The Labute approximate surface area is 204 Å². The number of aliphatic hydroxyl groups excluding tert-OH is 1. The number of unbranched alkanes of at least 4 members (excludes halogenated alkanes) is 14. The van der Waals surface area contributed by atoms with Crippen LogP contribution in [0.3, 0.4) is 0 Å². The lowest BCUT2D eigenvalue weighted by molar-refractivity contribution is -0.148. The SMILES string of the molecule is CCCCCCCCCCCCCCCCCC(C1=NCCN1CCO)C(C)C(=O)OCC. The van der Waals surface area contributed by atoms with Gasteiger partial charge in [0.15, 0.2) is 0 Å². The number of hydrogen-bond acceptors (Lipinski definition) is 5. The van der Waals surface area contributed by atoms with Gasteiger partial charge in [-0.15, -0.1) is 0 Å². The van der Waals surface area contributed by atoms with Crippen molar-refractivity contribution in [2.24, 2.45) is 16.8 Å². The molecule has 1 heterocycles. The third-order valence-corrected chi connectivity index (χ3v) is 7.05. The average Bonchev–Trinajstić information content (AvgIpc) is 3.27. The van der Waals surface area contributed by atoms with Crippen LogP contribution in [-0.4, -0.2) is 54.7 Å². The molecule has 1 aliphatic rings. The number of carbonyl (C=O) groups excluding carboxylic acids is 1. The van der Waals surface area contributed by atoms with E-state index >= 15 is 0 Å². The van der Waals surface area contributed by atoms with Gasteiger partial charge < -0.3 is 14.7 Å². The summed E-state index contributed by atoms with van der Waals surface area (Å²) in [6.07, 6.45) is 21.3. The van der Waals surface area contributed by atoms with Crippen molar-refractivity contribution in [3.63, 3.8) is 0 Å². The molecule has 5 nitrogen and oxygen atoms in total. The monoisotopic (exact) mass is 466 g/mol. The summed E-state index contributed by atoms with van der Waals surface area (Å²) in [7, 11) is 0. The van der Waals surface area contributed by atoms with Crippen LogP contribution < -0.4 is 0 Å². The van der Waals surface area contributed by atoms with Crippen LogP contribution in [0.25, 0.3) is 0 Å². The molecule has 194 valence electrons. The van der Waals surface area contributed by atoms with E-state index in [1.807, 2.05) is 13.8 Å². The fourth-order valence-electron chi connectivity index (χ4n) is 4.97. The number of β-amino-alcohol motifs (C(OH)–C–C–N with tert-alkyl or cyclic N) is 1. The van der Waals surface area contributed by atoms with Gasteiger partial charge in [0, 0.05) is 19.0 Å². The molecule has 0 aliphatic carbocycles. The Morgan fingerprint density at radius 2 is 1.42 bits per heavy atom. The van der Waals surface area contributed by atoms with Gasteiger partial charge in [0.2, 0.25) is 0 Å². The van der Waals surface area contributed by atoms with Crippen molar-refractivity contribution in [1.82, 2.24) is 4.90 Å². The van der Waals surface area contributed by atoms with Gasteiger partial charge in [0.1, 0.15) is 5.84 Å². The Bertz CT molecular complexity index is 509. The number of aliphatic imine (C=N–C) groups is 1. The lowest BCUT2D eigenvalue weighted by Gasteiger charge is -2.29. The van der Waals surface area contributed by atoms with E-state index < -0.39 is 0 Å². The summed E-state index contributed by atoms with van der Waals surface area (Å²) in [5, 5.41) is 9.39. The van der Waals surface area contributed by atoms with Gasteiger partial charge in [0.25, 0.3) is 0 Å². The molecular weight excluding hydrogens is 412 g/mol. The fourth-order valence-corrected chi connectivity index (χ4v) is 4.97. The summed E-state index contributed by atoms with van der Waals surface area (Å²) in [4.78, 5) is 19.3. The van der Waals surface area contributed by atoms with E-state index in [1.165, 1.54) is 89.9 Å². The number of carbonyl (C=O) groups is 1. The number of nitrogens with zero attached hydrogens (tertiary/aromatic N) is 2. The molecule has 0 saturated carbocycles. The predicted molar refractivity (Wildman–Crippen MR) is 140 cm³/mol. The van der Waals surface area contributed by atoms with Gasteiger partial charge >= 0.3 is 5.97 Å². The molecule has 0 saturated heterocycles. The maximum atomic E-state index is 12.4. The molecule has 2 unspecified atom stereocenters. The van der Waals surface area contributed by atoms with Crippen LogP contribution in [0.1, 0.15) is 124 Å². The summed E-state index contributed by atoms with van der Waals surface area (Å²) >= 11 is 0. The van der Waals surface area contributed by atoms with E-state index in [0.29, 0.717) is 13.2 Å². The highest BCUT2D eigenvalue weighted by atomic mass is 16.5. The van der Waals surface area contributed by atoms with Crippen LogP contribution in [0.5, 0.6) is 0 Å². The predicted octanol–water partition coefficient (Wildman–Crippen LogP) is 6.77. The van der Waals surface area contributed by atoms with Crippen LogP contribution in [0.15, 0.2) is 4.99 Å². The average molecular weight is 467 g/mol. The van der Waals surface area contributed by atoms with E-state index in [2.05, 4.69) is 11.8 Å². The third kappa shape index (κ3) is 13.4. The van der Waals surface area contributed by atoms with Crippen molar-refractivity contribution in [1.29, 1.82) is 0 Å². The normalized spacial score (nSPS) is 15.5. The van der Waals surface area contributed by atoms with E-state index in [1.54, 1.807) is 0 Å². The first-order valence-corrected chi connectivity index (χ1v) is 14.2. The summed E-state index contributed by atoms with van der Waals surface area (Å²) in [5.41, 5.74) is 0. The van der Waals surface area contributed by atoms with Crippen LogP contribution in [0, 0.1) is 11.8 Å². The second-order valence-corrected chi connectivity index (χ2v) is 9.84. The van der Waals surface area contributed by atoms with E-state index in [-0.39, 0.29) is 24.4 Å². The van der Waals surface area contributed by atoms with Crippen molar-refractivity contribution in [3.05, 3.63) is 0 Å². The largest absolute Gasteiger partial charge is 0.466 e. The maximum absolute atomic E-state index is 12.4. The molecule has 1 aliphatic heterocycles. The minimum absolute atomic E-state index is 0.0973. The Morgan fingerprint density at radius 3 is 1.91 bits per heavy atom. The van der Waals surface area contributed by atoms with E-state index in [4.69, 9.17) is 9.73 Å². The lowest BCUT2D eigenvalue weighted by Crippen LogP contribution is -2.40. The molecule has 0 fully saturated rings. The van der Waals surface area contributed by atoms with Crippen molar-refractivity contribution >= 4 is 11.8 Å². The van der Waals surface area contributed by atoms with Gasteiger partial charge in [-0.1, -0.05) is 110 Å². The number of aliphatic hydroxyl groups is 1. The maximum Gasteiger partial charge on any atom is 0.309 e. The first-order chi connectivity index (χ1) is 16.2. The first-order valence-electron chi connectivity index (χ1n) is 14.2. The van der Waals surface area contributed by atoms with Crippen molar-refractivity contribution in [2.45, 2.75) is 124 Å². The van der Waals surface area contributed by atoms with Gasteiger partial charge in [-0.2, -0.15) is 0 Å². The van der Waals surface area contributed by atoms with Crippen molar-refractivity contribution in [2.75, 3.05) is 32.8 Å². The molecule has 33 heavy (non-hydrogen) atoms. The van der Waals surface area contributed by atoms with Crippen LogP contribution >= 0.6 is 0 Å². The topological polar surface area (TPSA) is 62.1 Å². The van der Waals surface area contributed by atoms with Crippen LogP contribution in [0.4, 0.5) is 0 Å². The summed E-state index contributed by atoms with van der Waals surface area (Å²) in [6, 6.07) is 0. The number of ether oxygens (including phenoxy) is 1. The molecule has 0 bridgehead atoms. The molecule has 2 atom stereocenters. The molecule has 0 aromatic heterocycles. The van der Waals surface area contributed by atoms with Crippen LogP contribution in [-0.2, 0) is 9.53 Å². The molecule has 0 aromatic rings. The van der Waals surface area contributed by atoms with E-state index in [0.717, 1.165) is 31.8 Å². The Balaban J connectivity index is 2.18. The highest BCUT2D eigenvalue weighted by molar-refractivity contribution is 5.90. The minimum atomic E-state index is -0.186. The number of hydrogen-bond donors (Lipinski definition) is 1. The molecule has 5 heteroatoms. The Kier molecular flexibility index (Phi) is 18.4. The first kappa shape index (κ1) is 29.9. The fraction of sp³-hybridized carbons (Fsp3) is 0.929. The highest BCUT2D eigenvalue weighted by Gasteiger charge is 2.33. The molecule has 0 aromatic carbocycles. The summed E-state index contributed by atoms with van der Waals surface area (Å²) in [6.45, 7) is 8.87. The lowest BCUT2D eigenvalue weighted by atomic mass is 9.87. The number of amidine groups is 1. The van der Waals surface area contributed by atoms with Crippen molar-refractivity contribution in [3.8, 4) is 0 Å². The molecule has 1 N–H and O–H groups in total. The smallest absolute Gasteiger partial charge is 0.309 e. The Hall–Kier alpha value is -1.10. The van der Waals surface area contributed by atoms with Gasteiger partial charge in [-0.3, -0.25) is 9.79 Å². The van der Waals surface area contributed by atoms with Crippen molar-refractivity contribution < 1.29 is 14.6 Å². The number of rotatable bonds is 22. The molecule has 0 spiro atoms. The van der Waals surface area contributed by atoms with Gasteiger partial charge in [0.05, 0.1) is 25.7 Å². The molecular formula is C28H54N2O3. The van der Waals surface area contributed by atoms with Gasteiger partial charge in [-0.25, -0.2) is 0 Å². The van der Waals surface area contributed by atoms with E-state index in [9.17, 15) is 9.90 Å². The zero-order chi connectivity index (χ0) is 24.2. The second-order valence-electron chi connectivity index (χ2n) is 9.84. The highest BCUT2D eigenvalue weighted by Crippen LogP contribution is 2.26. The standard InChI is InChI=1S/C28H54N2O3/c1-4-6-7-8-9-10-11-12-13-14-15-16-17-18-19-20-26(25(3)28(32)33-5-2)27-29-21-22-30(27)23-24-31/h25-26,31H,4-24H2,1-3H3. The zero-order valence-corrected chi connectivity index (χ0v) is 22.2. The molecule has 1 rings (SSSR count). The minimum Gasteiger partial charge on any atom is -0.466 e. The number of esters is 1. The van der Waals surface area contributed by atoms with Crippen LogP contribution in [0.2, 0.25) is 0 Å². The molecule has 0 amide bonds. The second kappa shape index (κ2) is 20.3. The summed E-state index contributed by atoms with van der Waals surface area (Å²) in [5.74, 6) is 0.798. The van der Waals surface area contributed by atoms with Gasteiger partial charge in [-0.05, 0) is 13.3 Å².